The monoisotopic (exact) mass is 301 g/mol. The average molecular weight is 301 g/mol. The van der Waals surface area contributed by atoms with Gasteiger partial charge in [0.2, 0.25) is 11.8 Å². The number of para-hydroxylation sites is 1. The number of amides is 1. The SMILES string of the molecule is CCOc1ccccc1CN1CC(c2noc(C)n2)CC1=O. The Morgan fingerprint density at radius 3 is 2.95 bits per heavy atom. The number of nitrogens with zero attached hydrogens (tertiary/aromatic N) is 3. The number of carbonyl (C=O) groups is 1. The van der Waals surface area contributed by atoms with Gasteiger partial charge in [0, 0.05) is 37.9 Å². The molecule has 2 aromatic rings. The second-order valence-electron chi connectivity index (χ2n) is 5.39. The number of rotatable bonds is 5. The van der Waals surface area contributed by atoms with E-state index in [9.17, 15) is 4.79 Å². The van der Waals surface area contributed by atoms with E-state index >= 15 is 0 Å². The minimum atomic E-state index is 0.00389. The Hall–Kier alpha value is -2.37. The van der Waals surface area contributed by atoms with Gasteiger partial charge in [0.25, 0.3) is 0 Å². The molecule has 1 aliphatic heterocycles. The van der Waals surface area contributed by atoms with Crippen molar-refractivity contribution in [2.75, 3.05) is 13.2 Å². The van der Waals surface area contributed by atoms with E-state index in [2.05, 4.69) is 10.1 Å². The lowest BCUT2D eigenvalue weighted by Crippen LogP contribution is -2.24. The molecule has 0 spiro atoms. The maximum Gasteiger partial charge on any atom is 0.223 e. The number of likely N-dealkylation sites (tertiary alicyclic amines) is 1. The first-order valence-electron chi connectivity index (χ1n) is 7.46. The van der Waals surface area contributed by atoms with Gasteiger partial charge in [0.05, 0.1) is 6.61 Å². The first-order valence-corrected chi connectivity index (χ1v) is 7.46. The van der Waals surface area contributed by atoms with Crippen LogP contribution in [0.25, 0.3) is 0 Å². The molecule has 1 aromatic heterocycles. The Morgan fingerprint density at radius 1 is 1.41 bits per heavy atom. The van der Waals surface area contributed by atoms with Crippen LogP contribution in [0.2, 0.25) is 0 Å². The van der Waals surface area contributed by atoms with Gasteiger partial charge in [-0.25, -0.2) is 0 Å². The molecule has 6 heteroatoms. The number of ether oxygens (including phenoxy) is 1. The van der Waals surface area contributed by atoms with Crippen molar-refractivity contribution >= 4 is 5.91 Å². The lowest BCUT2D eigenvalue weighted by atomic mass is 10.1. The van der Waals surface area contributed by atoms with Crippen molar-refractivity contribution in [3.63, 3.8) is 0 Å². The fraction of sp³-hybridized carbons (Fsp3) is 0.438. The number of aromatic nitrogens is 2. The smallest absolute Gasteiger partial charge is 0.223 e. The summed E-state index contributed by atoms with van der Waals surface area (Å²) in [6.45, 7) is 5.46. The van der Waals surface area contributed by atoms with Crippen molar-refractivity contribution in [2.45, 2.75) is 32.7 Å². The van der Waals surface area contributed by atoms with Gasteiger partial charge in [-0.05, 0) is 13.0 Å². The third kappa shape index (κ3) is 2.95. The molecule has 1 atom stereocenters. The van der Waals surface area contributed by atoms with Crippen molar-refractivity contribution in [1.29, 1.82) is 0 Å². The van der Waals surface area contributed by atoms with E-state index in [0.717, 1.165) is 11.3 Å². The second-order valence-corrected chi connectivity index (χ2v) is 5.39. The predicted octanol–water partition coefficient (Wildman–Crippen LogP) is 2.29. The molecule has 1 saturated heterocycles. The van der Waals surface area contributed by atoms with Gasteiger partial charge in [-0.1, -0.05) is 23.4 Å². The highest BCUT2D eigenvalue weighted by atomic mass is 16.5. The summed E-state index contributed by atoms with van der Waals surface area (Å²) in [5.41, 5.74) is 1.02. The zero-order valence-electron chi connectivity index (χ0n) is 12.8. The Bertz CT molecular complexity index is 668. The van der Waals surface area contributed by atoms with E-state index in [1.807, 2.05) is 36.1 Å². The Kier molecular flexibility index (Phi) is 4.09. The summed E-state index contributed by atoms with van der Waals surface area (Å²) >= 11 is 0. The molecule has 6 nitrogen and oxygen atoms in total. The third-order valence-electron chi connectivity index (χ3n) is 3.76. The van der Waals surface area contributed by atoms with Crippen molar-refractivity contribution in [3.05, 3.63) is 41.5 Å². The maximum atomic E-state index is 12.2. The van der Waals surface area contributed by atoms with Crippen LogP contribution in [-0.4, -0.2) is 34.1 Å². The van der Waals surface area contributed by atoms with Gasteiger partial charge in [-0.15, -0.1) is 0 Å². The summed E-state index contributed by atoms with van der Waals surface area (Å²) in [5, 5.41) is 3.93. The molecule has 0 bridgehead atoms. The Morgan fingerprint density at radius 2 is 2.23 bits per heavy atom. The number of aryl methyl sites for hydroxylation is 1. The largest absolute Gasteiger partial charge is 0.494 e. The maximum absolute atomic E-state index is 12.2. The summed E-state index contributed by atoms with van der Waals surface area (Å²) in [6, 6.07) is 7.81. The number of carbonyl (C=O) groups excluding carboxylic acids is 1. The zero-order valence-corrected chi connectivity index (χ0v) is 12.8. The van der Waals surface area contributed by atoms with Crippen LogP contribution in [0.1, 0.15) is 36.5 Å². The van der Waals surface area contributed by atoms with Crippen molar-refractivity contribution in [1.82, 2.24) is 15.0 Å². The van der Waals surface area contributed by atoms with Crippen LogP contribution in [0.3, 0.4) is 0 Å². The topological polar surface area (TPSA) is 68.5 Å². The minimum Gasteiger partial charge on any atom is -0.494 e. The average Bonchev–Trinajstić information content (AvgIpc) is 3.08. The number of hydrogen-bond donors (Lipinski definition) is 0. The van der Waals surface area contributed by atoms with Crippen molar-refractivity contribution in [3.8, 4) is 5.75 Å². The lowest BCUT2D eigenvalue weighted by Gasteiger charge is -2.18. The molecule has 1 aromatic carbocycles. The first kappa shape index (κ1) is 14.6. The summed E-state index contributed by atoms with van der Waals surface area (Å²) in [6.07, 6.45) is 0.426. The first-order chi connectivity index (χ1) is 10.7. The highest BCUT2D eigenvalue weighted by Gasteiger charge is 2.33. The fourth-order valence-electron chi connectivity index (χ4n) is 2.72. The zero-order chi connectivity index (χ0) is 15.5. The normalized spacial score (nSPS) is 18.0. The molecule has 0 aliphatic carbocycles. The fourth-order valence-corrected chi connectivity index (χ4v) is 2.72. The molecule has 22 heavy (non-hydrogen) atoms. The molecule has 0 saturated carbocycles. The minimum absolute atomic E-state index is 0.00389. The van der Waals surface area contributed by atoms with E-state index in [1.54, 1.807) is 6.92 Å². The summed E-state index contributed by atoms with van der Waals surface area (Å²) < 4.78 is 10.6. The summed E-state index contributed by atoms with van der Waals surface area (Å²) in [7, 11) is 0. The van der Waals surface area contributed by atoms with E-state index in [4.69, 9.17) is 9.26 Å². The number of benzene rings is 1. The Labute approximate surface area is 129 Å². The predicted molar refractivity (Wildman–Crippen MR) is 79.4 cm³/mol. The Balaban J connectivity index is 1.72. The van der Waals surface area contributed by atoms with Crippen LogP contribution >= 0.6 is 0 Å². The van der Waals surface area contributed by atoms with Crippen molar-refractivity contribution < 1.29 is 14.1 Å². The second kappa shape index (κ2) is 6.17. The van der Waals surface area contributed by atoms with Crippen LogP contribution < -0.4 is 4.74 Å². The molecule has 2 heterocycles. The van der Waals surface area contributed by atoms with E-state index in [-0.39, 0.29) is 11.8 Å². The highest BCUT2D eigenvalue weighted by molar-refractivity contribution is 5.79. The van der Waals surface area contributed by atoms with E-state index in [0.29, 0.717) is 37.8 Å². The quantitative estimate of drug-likeness (QED) is 0.847. The molecular weight excluding hydrogens is 282 g/mol. The summed E-state index contributed by atoms with van der Waals surface area (Å²) in [4.78, 5) is 18.3. The number of hydrogen-bond acceptors (Lipinski definition) is 5. The van der Waals surface area contributed by atoms with Gasteiger partial charge in [-0.2, -0.15) is 4.98 Å². The van der Waals surface area contributed by atoms with Crippen LogP contribution in [0.15, 0.2) is 28.8 Å². The molecular formula is C16H19N3O3. The van der Waals surface area contributed by atoms with E-state index in [1.165, 1.54) is 0 Å². The summed E-state index contributed by atoms with van der Waals surface area (Å²) in [5.74, 6) is 2.09. The van der Waals surface area contributed by atoms with Gasteiger partial charge in [0.15, 0.2) is 5.82 Å². The molecule has 0 radical (unpaired) electrons. The molecule has 1 fully saturated rings. The van der Waals surface area contributed by atoms with Crippen LogP contribution in [-0.2, 0) is 11.3 Å². The van der Waals surface area contributed by atoms with Gasteiger partial charge in [-0.3, -0.25) is 4.79 Å². The van der Waals surface area contributed by atoms with E-state index < -0.39 is 0 Å². The van der Waals surface area contributed by atoms with Crippen LogP contribution in [0.4, 0.5) is 0 Å². The molecule has 116 valence electrons. The molecule has 1 amide bonds. The van der Waals surface area contributed by atoms with Crippen molar-refractivity contribution in [2.24, 2.45) is 0 Å². The highest BCUT2D eigenvalue weighted by Crippen LogP contribution is 2.29. The van der Waals surface area contributed by atoms with Gasteiger partial charge in [0.1, 0.15) is 5.75 Å². The molecule has 3 rings (SSSR count). The van der Waals surface area contributed by atoms with Crippen LogP contribution in [0.5, 0.6) is 5.75 Å². The lowest BCUT2D eigenvalue weighted by molar-refractivity contribution is -0.128. The molecule has 1 aliphatic rings. The van der Waals surface area contributed by atoms with Gasteiger partial charge < -0.3 is 14.2 Å². The van der Waals surface area contributed by atoms with Gasteiger partial charge >= 0.3 is 0 Å². The third-order valence-corrected chi connectivity index (χ3v) is 3.76. The standard InChI is InChI=1S/C16H19N3O3/c1-3-21-14-7-5-4-6-12(14)9-19-10-13(8-15(19)20)16-17-11(2)22-18-16/h4-7,13H,3,8-10H2,1-2H3. The molecule has 1 unspecified atom stereocenters. The van der Waals surface area contributed by atoms with Crippen LogP contribution in [0, 0.1) is 6.92 Å². The molecule has 0 N–H and O–H groups in total.